The van der Waals surface area contributed by atoms with Crippen molar-refractivity contribution in [2.45, 2.75) is 45.3 Å². The molecular weight excluding hydrogens is 420 g/mol. The molecule has 0 aromatic carbocycles. The summed E-state index contributed by atoms with van der Waals surface area (Å²) in [6.07, 6.45) is 14.4. The monoisotopic (exact) mass is 444 g/mol. The molecule has 4 nitrogen and oxygen atoms in total. The summed E-state index contributed by atoms with van der Waals surface area (Å²) in [6, 6.07) is 1.16. The third-order valence-corrected chi connectivity index (χ3v) is 7.15. The maximum absolute atomic E-state index is 6.32. The summed E-state index contributed by atoms with van der Waals surface area (Å²) >= 11 is 3.61. The van der Waals surface area contributed by atoms with Gasteiger partial charge in [-0.05, 0) is 28.4 Å². The van der Waals surface area contributed by atoms with Crippen LogP contribution in [0.3, 0.4) is 0 Å². The highest BCUT2D eigenvalue weighted by Crippen LogP contribution is 2.45. The van der Waals surface area contributed by atoms with Gasteiger partial charge in [-0.2, -0.15) is 0 Å². The molecule has 0 saturated carbocycles. The Morgan fingerprint density at radius 3 is 2.96 bits per heavy atom. The second kappa shape index (κ2) is 7.41. The lowest BCUT2D eigenvalue weighted by atomic mass is 9.98. The molecule has 0 radical (unpaired) electrons. The SMILES string of the molecule is C[Si](C)(C)CCOCn1cc2c3c(c(Br)cnc31)OC1=C2C=CC=CCC1. The Kier molecular flexibility index (Phi) is 5.14. The third kappa shape index (κ3) is 3.84. The Labute approximate surface area is 169 Å². The zero-order chi connectivity index (χ0) is 19.0. The minimum absolute atomic E-state index is 0.515. The first kappa shape index (κ1) is 18.7. The first-order valence-corrected chi connectivity index (χ1v) is 13.9. The largest absolute Gasteiger partial charge is 0.459 e. The predicted molar refractivity (Wildman–Crippen MR) is 117 cm³/mol. The number of ether oxygens (including phenoxy) is 2. The number of aromatic nitrogens is 2. The van der Waals surface area contributed by atoms with Gasteiger partial charge in [-0.1, -0.05) is 43.9 Å². The van der Waals surface area contributed by atoms with Crippen LogP contribution in [0.1, 0.15) is 18.4 Å². The topological polar surface area (TPSA) is 36.3 Å². The van der Waals surface area contributed by atoms with Crippen LogP contribution in [0.2, 0.25) is 25.7 Å². The van der Waals surface area contributed by atoms with E-state index in [1.165, 1.54) is 5.56 Å². The molecule has 2 aromatic rings. The Hall–Kier alpha value is -1.63. The zero-order valence-corrected chi connectivity index (χ0v) is 18.7. The van der Waals surface area contributed by atoms with Gasteiger partial charge in [0.1, 0.15) is 18.1 Å². The first-order chi connectivity index (χ1) is 12.9. The van der Waals surface area contributed by atoms with Crippen LogP contribution in [0.15, 0.2) is 46.9 Å². The molecule has 1 aliphatic carbocycles. The zero-order valence-electron chi connectivity index (χ0n) is 16.1. The van der Waals surface area contributed by atoms with E-state index in [1.807, 2.05) is 6.20 Å². The van der Waals surface area contributed by atoms with E-state index < -0.39 is 8.07 Å². The van der Waals surface area contributed by atoms with Crippen molar-refractivity contribution < 1.29 is 9.47 Å². The Balaban J connectivity index is 1.71. The number of hydrogen-bond donors (Lipinski definition) is 0. The molecule has 4 rings (SSSR count). The van der Waals surface area contributed by atoms with Gasteiger partial charge < -0.3 is 14.0 Å². The third-order valence-electron chi connectivity index (χ3n) is 4.88. The number of allylic oxidation sites excluding steroid dienone is 6. The van der Waals surface area contributed by atoms with Gasteiger partial charge in [0.15, 0.2) is 5.75 Å². The molecule has 6 heteroatoms. The van der Waals surface area contributed by atoms with Gasteiger partial charge in [-0.25, -0.2) is 4.98 Å². The van der Waals surface area contributed by atoms with Crippen LogP contribution in [0.25, 0.3) is 16.6 Å². The summed E-state index contributed by atoms with van der Waals surface area (Å²) < 4.78 is 15.3. The maximum atomic E-state index is 6.32. The van der Waals surface area contributed by atoms with E-state index in [0.717, 1.165) is 58.1 Å². The van der Waals surface area contributed by atoms with Crippen LogP contribution in [-0.2, 0) is 11.5 Å². The molecule has 0 unspecified atom stereocenters. The number of fused-ring (bicyclic) bond motifs is 1. The van der Waals surface area contributed by atoms with E-state index in [9.17, 15) is 0 Å². The molecular formula is C21H25BrN2O2Si. The van der Waals surface area contributed by atoms with Crippen molar-refractivity contribution in [1.82, 2.24) is 9.55 Å². The molecule has 2 aromatic heterocycles. The smallest absolute Gasteiger partial charge is 0.154 e. The quantitative estimate of drug-likeness (QED) is 0.411. The molecule has 0 spiro atoms. The van der Waals surface area contributed by atoms with Crippen molar-refractivity contribution in [1.29, 1.82) is 0 Å². The molecule has 0 atom stereocenters. The van der Waals surface area contributed by atoms with E-state index >= 15 is 0 Å². The van der Waals surface area contributed by atoms with Crippen molar-refractivity contribution in [2.24, 2.45) is 0 Å². The van der Waals surface area contributed by atoms with Gasteiger partial charge in [0.05, 0.1) is 9.86 Å². The van der Waals surface area contributed by atoms with Crippen molar-refractivity contribution in [3.8, 4) is 5.75 Å². The van der Waals surface area contributed by atoms with Crippen molar-refractivity contribution in [3.05, 3.63) is 52.5 Å². The molecule has 27 heavy (non-hydrogen) atoms. The van der Waals surface area contributed by atoms with Gasteiger partial charge >= 0.3 is 0 Å². The van der Waals surface area contributed by atoms with E-state index in [4.69, 9.17) is 9.47 Å². The van der Waals surface area contributed by atoms with Crippen LogP contribution in [-0.4, -0.2) is 24.2 Å². The molecule has 0 amide bonds. The molecule has 142 valence electrons. The fraction of sp³-hybridized carbons (Fsp3) is 0.381. The van der Waals surface area contributed by atoms with E-state index in [-0.39, 0.29) is 0 Å². The van der Waals surface area contributed by atoms with Gasteiger partial charge in [0.25, 0.3) is 0 Å². The Morgan fingerprint density at radius 1 is 1.30 bits per heavy atom. The second-order valence-electron chi connectivity index (χ2n) is 8.26. The average Bonchev–Trinajstić information content (AvgIpc) is 2.94. The summed E-state index contributed by atoms with van der Waals surface area (Å²) in [5.41, 5.74) is 3.24. The lowest BCUT2D eigenvalue weighted by Gasteiger charge is -2.21. The van der Waals surface area contributed by atoms with E-state index in [2.05, 4.69) is 75.6 Å². The van der Waals surface area contributed by atoms with E-state index in [1.54, 1.807) is 0 Å². The minimum Gasteiger partial charge on any atom is -0.459 e. The molecule has 0 fully saturated rings. The number of halogens is 1. The van der Waals surface area contributed by atoms with E-state index in [0.29, 0.717) is 6.73 Å². The molecule has 0 saturated heterocycles. The fourth-order valence-corrected chi connectivity index (χ4v) is 4.52. The predicted octanol–water partition coefficient (Wildman–Crippen LogP) is 6.12. The Morgan fingerprint density at radius 2 is 2.15 bits per heavy atom. The lowest BCUT2D eigenvalue weighted by Crippen LogP contribution is -2.22. The van der Waals surface area contributed by atoms with Crippen molar-refractivity contribution >= 4 is 40.6 Å². The summed E-state index contributed by atoms with van der Waals surface area (Å²) in [5.74, 6) is 1.89. The molecule has 3 heterocycles. The standard InChI is InChI=1S/C21H25BrN2O2Si/c1-27(2,3)11-10-25-14-24-13-16-15-8-6-4-5-7-9-18(15)26-20-17(22)12-23-21(24)19(16)20/h4-6,8,12-13H,7,9-11,14H2,1-3H3. The van der Waals surface area contributed by atoms with Gasteiger partial charge in [-0.3, -0.25) is 0 Å². The van der Waals surface area contributed by atoms with Crippen LogP contribution < -0.4 is 4.74 Å². The van der Waals surface area contributed by atoms with Crippen LogP contribution in [0.4, 0.5) is 0 Å². The fourth-order valence-electron chi connectivity index (χ4n) is 3.39. The second-order valence-corrected chi connectivity index (χ2v) is 14.7. The highest BCUT2D eigenvalue weighted by molar-refractivity contribution is 9.10. The number of hydrogen-bond acceptors (Lipinski definition) is 3. The van der Waals surface area contributed by atoms with Crippen LogP contribution >= 0.6 is 15.9 Å². The van der Waals surface area contributed by atoms with Crippen molar-refractivity contribution in [2.75, 3.05) is 6.61 Å². The summed E-state index contributed by atoms with van der Waals surface area (Å²) in [4.78, 5) is 4.66. The normalized spacial score (nSPS) is 16.3. The van der Waals surface area contributed by atoms with Gasteiger partial charge in [0.2, 0.25) is 0 Å². The van der Waals surface area contributed by atoms with Crippen molar-refractivity contribution in [3.63, 3.8) is 0 Å². The highest BCUT2D eigenvalue weighted by Gasteiger charge is 2.27. The number of nitrogens with zero attached hydrogens (tertiary/aromatic N) is 2. The van der Waals surface area contributed by atoms with Crippen LogP contribution in [0, 0.1) is 0 Å². The Bertz CT molecular complexity index is 967. The lowest BCUT2D eigenvalue weighted by molar-refractivity contribution is 0.0898. The van der Waals surface area contributed by atoms with Gasteiger partial charge in [-0.15, -0.1) is 0 Å². The number of rotatable bonds is 5. The summed E-state index contributed by atoms with van der Waals surface area (Å²) in [6.45, 7) is 8.42. The number of pyridine rings is 1. The first-order valence-electron chi connectivity index (χ1n) is 9.44. The van der Waals surface area contributed by atoms with Gasteiger partial charge in [0, 0.05) is 44.6 Å². The molecule has 1 aliphatic heterocycles. The summed E-state index contributed by atoms with van der Waals surface area (Å²) in [5, 5.41) is 1.06. The minimum atomic E-state index is -1.09. The molecule has 2 aliphatic rings. The maximum Gasteiger partial charge on any atom is 0.154 e. The molecule has 0 bridgehead atoms. The molecule has 0 N–H and O–H groups in total. The summed E-state index contributed by atoms with van der Waals surface area (Å²) in [7, 11) is -1.09. The van der Waals surface area contributed by atoms with Crippen LogP contribution in [0.5, 0.6) is 5.75 Å². The average molecular weight is 445 g/mol. The highest BCUT2D eigenvalue weighted by atomic mass is 79.9.